The molecule has 13 heavy (non-hydrogen) atoms. The molecule has 0 saturated heterocycles. The smallest absolute Gasteiger partial charge is 0.310 e. The van der Waals surface area contributed by atoms with Crippen LogP contribution in [0, 0.1) is 17.8 Å². The lowest BCUT2D eigenvalue weighted by Gasteiger charge is -2.19. The van der Waals surface area contributed by atoms with Crippen molar-refractivity contribution in [2.45, 2.75) is 26.7 Å². The van der Waals surface area contributed by atoms with Crippen LogP contribution in [0.4, 0.5) is 0 Å². The monoisotopic (exact) mass is 183 g/mol. The summed E-state index contributed by atoms with van der Waals surface area (Å²) in [4.78, 5) is 10.7. The van der Waals surface area contributed by atoms with Crippen LogP contribution >= 0.6 is 0 Å². The number of carbonyl (C=O) groups is 1. The Morgan fingerprint density at radius 1 is 1.62 bits per heavy atom. The van der Waals surface area contributed by atoms with Crippen molar-refractivity contribution in [3.63, 3.8) is 0 Å². The van der Waals surface area contributed by atoms with E-state index in [1.54, 1.807) is 13.8 Å². The standard InChI is InChI=1S/C10H17NO2/c1-4-5-6-7-11-8-10(2,3)9(12)13/h1,11H,5-8H2,2-3H3,(H,12,13). The third-order valence-corrected chi connectivity index (χ3v) is 1.82. The van der Waals surface area contributed by atoms with Gasteiger partial charge in [-0.05, 0) is 26.8 Å². The predicted octanol–water partition coefficient (Wildman–Crippen LogP) is 1.10. The van der Waals surface area contributed by atoms with E-state index in [4.69, 9.17) is 11.5 Å². The van der Waals surface area contributed by atoms with Crippen molar-refractivity contribution >= 4 is 5.97 Å². The molecule has 0 heterocycles. The first-order chi connectivity index (χ1) is 6.00. The Kier molecular flexibility index (Phi) is 5.17. The highest BCUT2D eigenvalue weighted by atomic mass is 16.4. The number of carboxylic acid groups (broad SMARTS) is 1. The van der Waals surface area contributed by atoms with Gasteiger partial charge in [0.15, 0.2) is 0 Å². The number of hydrogen-bond donors (Lipinski definition) is 2. The fourth-order valence-corrected chi connectivity index (χ4v) is 0.792. The lowest BCUT2D eigenvalue weighted by Crippen LogP contribution is -2.36. The lowest BCUT2D eigenvalue weighted by atomic mass is 9.94. The molecule has 0 amide bonds. The largest absolute Gasteiger partial charge is 0.481 e. The molecular formula is C10H17NO2. The summed E-state index contributed by atoms with van der Waals surface area (Å²) in [5.41, 5.74) is -0.698. The van der Waals surface area contributed by atoms with Crippen LogP contribution in [0.3, 0.4) is 0 Å². The summed E-state index contributed by atoms with van der Waals surface area (Å²) in [5.74, 6) is 1.75. The van der Waals surface area contributed by atoms with Crippen molar-refractivity contribution in [2.75, 3.05) is 13.1 Å². The zero-order valence-electron chi connectivity index (χ0n) is 8.26. The minimum absolute atomic E-state index is 0.479. The third-order valence-electron chi connectivity index (χ3n) is 1.82. The van der Waals surface area contributed by atoms with Crippen LogP contribution in [0.5, 0.6) is 0 Å². The molecule has 0 radical (unpaired) electrons. The van der Waals surface area contributed by atoms with E-state index in [0.717, 1.165) is 19.4 Å². The van der Waals surface area contributed by atoms with E-state index < -0.39 is 11.4 Å². The molecule has 0 rings (SSSR count). The van der Waals surface area contributed by atoms with E-state index in [9.17, 15) is 4.79 Å². The molecule has 0 saturated carbocycles. The summed E-state index contributed by atoms with van der Waals surface area (Å²) >= 11 is 0. The highest BCUT2D eigenvalue weighted by molar-refractivity contribution is 5.73. The van der Waals surface area contributed by atoms with Gasteiger partial charge in [-0.1, -0.05) is 0 Å². The highest BCUT2D eigenvalue weighted by Crippen LogP contribution is 2.12. The molecule has 0 aliphatic heterocycles. The third kappa shape index (κ3) is 5.26. The molecule has 0 aliphatic rings. The number of hydrogen-bond acceptors (Lipinski definition) is 2. The minimum atomic E-state index is -0.781. The first kappa shape index (κ1) is 12.0. The van der Waals surface area contributed by atoms with Gasteiger partial charge in [0, 0.05) is 13.0 Å². The lowest BCUT2D eigenvalue weighted by molar-refractivity contribution is -0.146. The van der Waals surface area contributed by atoms with Crippen molar-refractivity contribution < 1.29 is 9.90 Å². The second kappa shape index (κ2) is 5.60. The fourth-order valence-electron chi connectivity index (χ4n) is 0.792. The molecule has 2 N–H and O–H groups in total. The highest BCUT2D eigenvalue weighted by Gasteiger charge is 2.25. The van der Waals surface area contributed by atoms with E-state index in [-0.39, 0.29) is 0 Å². The van der Waals surface area contributed by atoms with E-state index in [1.165, 1.54) is 0 Å². The zero-order chi connectivity index (χ0) is 10.3. The van der Waals surface area contributed by atoms with Gasteiger partial charge in [0.1, 0.15) is 0 Å². The molecule has 0 aromatic rings. The van der Waals surface area contributed by atoms with Gasteiger partial charge >= 0.3 is 5.97 Å². The molecule has 74 valence electrons. The van der Waals surface area contributed by atoms with Crippen molar-refractivity contribution in [3.8, 4) is 12.3 Å². The van der Waals surface area contributed by atoms with E-state index >= 15 is 0 Å². The van der Waals surface area contributed by atoms with Crippen LogP contribution in [0.15, 0.2) is 0 Å². The molecule has 0 unspecified atom stereocenters. The number of carboxylic acids is 1. The van der Waals surface area contributed by atoms with Gasteiger partial charge in [-0.3, -0.25) is 4.79 Å². The number of rotatable bonds is 6. The summed E-state index contributed by atoms with van der Waals surface area (Å²) in [6.45, 7) is 4.65. The number of unbranched alkanes of at least 4 members (excludes halogenated alkanes) is 1. The average molecular weight is 183 g/mol. The number of terminal acetylenes is 1. The molecule has 0 bridgehead atoms. The Morgan fingerprint density at radius 2 is 2.23 bits per heavy atom. The molecular weight excluding hydrogens is 166 g/mol. The van der Waals surface area contributed by atoms with Gasteiger partial charge in [0.25, 0.3) is 0 Å². The molecule has 3 heteroatoms. The maximum Gasteiger partial charge on any atom is 0.310 e. The SMILES string of the molecule is C#CCCCNCC(C)(C)C(=O)O. The summed E-state index contributed by atoms with van der Waals surface area (Å²) in [7, 11) is 0. The summed E-state index contributed by atoms with van der Waals surface area (Å²) in [6, 6.07) is 0. The zero-order valence-corrected chi connectivity index (χ0v) is 8.26. The average Bonchev–Trinajstić information content (AvgIpc) is 2.03. The Labute approximate surface area is 79.5 Å². The van der Waals surface area contributed by atoms with Gasteiger partial charge in [-0.2, -0.15) is 0 Å². The van der Waals surface area contributed by atoms with Crippen molar-refractivity contribution in [1.82, 2.24) is 5.32 Å². The second-order valence-corrected chi connectivity index (χ2v) is 3.67. The summed E-state index contributed by atoms with van der Waals surface area (Å²) < 4.78 is 0. The van der Waals surface area contributed by atoms with Crippen LogP contribution in [-0.4, -0.2) is 24.2 Å². The van der Waals surface area contributed by atoms with Gasteiger partial charge in [-0.15, -0.1) is 12.3 Å². The molecule has 0 atom stereocenters. The van der Waals surface area contributed by atoms with E-state index in [1.807, 2.05) is 0 Å². The Balaban J connectivity index is 3.53. The maximum absolute atomic E-state index is 10.7. The van der Waals surface area contributed by atoms with Gasteiger partial charge in [-0.25, -0.2) is 0 Å². The van der Waals surface area contributed by atoms with Crippen LogP contribution in [0.25, 0.3) is 0 Å². The van der Waals surface area contributed by atoms with Crippen molar-refractivity contribution in [2.24, 2.45) is 5.41 Å². The molecule has 0 spiro atoms. The van der Waals surface area contributed by atoms with Crippen LogP contribution in [-0.2, 0) is 4.79 Å². The molecule has 3 nitrogen and oxygen atoms in total. The van der Waals surface area contributed by atoms with Crippen molar-refractivity contribution in [1.29, 1.82) is 0 Å². The Morgan fingerprint density at radius 3 is 2.69 bits per heavy atom. The topological polar surface area (TPSA) is 49.3 Å². The van der Waals surface area contributed by atoms with E-state index in [0.29, 0.717) is 6.54 Å². The Hall–Kier alpha value is -1.01. The predicted molar refractivity (Wildman–Crippen MR) is 52.4 cm³/mol. The summed E-state index contributed by atoms with van der Waals surface area (Å²) in [5, 5.41) is 11.8. The minimum Gasteiger partial charge on any atom is -0.481 e. The normalized spacial score (nSPS) is 10.8. The first-order valence-electron chi connectivity index (χ1n) is 4.38. The van der Waals surface area contributed by atoms with Crippen LogP contribution in [0.2, 0.25) is 0 Å². The number of aliphatic carboxylic acids is 1. The number of nitrogens with one attached hydrogen (secondary N) is 1. The summed E-state index contributed by atoms with van der Waals surface area (Å²) in [6.07, 6.45) is 6.70. The van der Waals surface area contributed by atoms with Gasteiger partial charge in [0.2, 0.25) is 0 Å². The van der Waals surface area contributed by atoms with Gasteiger partial charge in [0.05, 0.1) is 5.41 Å². The van der Waals surface area contributed by atoms with Crippen LogP contribution < -0.4 is 5.32 Å². The maximum atomic E-state index is 10.7. The van der Waals surface area contributed by atoms with Crippen molar-refractivity contribution in [3.05, 3.63) is 0 Å². The second-order valence-electron chi connectivity index (χ2n) is 3.67. The Bertz CT molecular complexity index is 203. The quantitative estimate of drug-likeness (QED) is 0.479. The first-order valence-corrected chi connectivity index (χ1v) is 4.38. The molecule has 0 fully saturated rings. The van der Waals surface area contributed by atoms with E-state index in [2.05, 4.69) is 11.2 Å². The fraction of sp³-hybridized carbons (Fsp3) is 0.700. The molecule has 0 aliphatic carbocycles. The molecule has 0 aromatic heterocycles. The van der Waals surface area contributed by atoms with Crippen LogP contribution in [0.1, 0.15) is 26.7 Å². The molecule has 0 aromatic carbocycles. The van der Waals surface area contributed by atoms with Gasteiger partial charge < -0.3 is 10.4 Å².